The van der Waals surface area contributed by atoms with E-state index in [4.69, 9.17) is 15.2 Å². The molecule has 1 saturated heterocycles. The van der Waals surface area contributed by atoms with E-state index in [0.717, 1.165) is 51.0 Å². The fourth-order valence-corrected chi connectivity index (χ4v) is 5.23. The quantitative estimate of drug-likeness (QED) is 0.0959. The van der Waals surface area contributed by atoms with E-state index >= 15 is 0 Å². The smallest absolute Gasteiger partial charge is 0.292 e. The first-order chi connectivity index (χ1) is 22.6. The van der Waals surface area contributed by atoms with E-state index in [9.17, 15) is 24.5 Å². The van der Waals surface area contributed by atoms with Crippen LogP contribution < -0.4 is 21.1 Å². The topological polar surface area (TPSA) is 169 Å². The molecule has 0 radical (unpaired) electrons. The minimum absolute atomic E-state index is 0.0459. The lowest BCUT2D eigenvalue weighted by Crippen LogP contribution is -2.47. The molecule has 3 aromatic rings. The number of anilines is 3. The standard InChI is InChI=1S/C34H42N6O7/c1-23-11-13-28(30(20-23)47-19-6-4-5-10-31(41)39-17-15-38(2)16-18-39)37-33(42)24-12-14-27(25(21-24)22-46-3)36-34(43)26-8-7-9-29(32(26)35)40(44)45/h7-9,11-14,20-21H,4-6,10,15-19,22,35H2,1-3H3,(H,36,43)(H,37,42). The van der Waals surface area contributed by atoms with E-state index in [2.05, 4.69) is 22.6 Å². The molecule has 3 amide bonds. The van der Waals surface area contributed by atoms with Crippen LogP contribution in [0.1, 0.15) is 57.5 Å². The third kappa shape index (κ3) is 9.50. The third-order valence-electron chi connectivity index (χ3n) is 7.97. The molecule has 0 aromatic heterocycles. The number of para-hydroxylation sites is 1. The molecule has 0 atom stereocenters. The van der Waals surface area contributed by atoms with Gasteiger partial charge in [-0.2, -0.15) is 0 Å². The summed E-state index contributed by atoms with van der Waals surface area (Å²) in [5.41, 5.74) is 7.91. The van der Waals surface area contributed by atoms with E-state index in [1.54, 1.807) is 24.3 Å². The molecule has 1 aliphatic rings. The van der Waals surface area contributed by atoms with Gasteiger partial charge >= 0.3 is 0 Å². The van der Waals surface area contributed by atoms with Gasteiger partial charge in [-0.05, 0) is 75.2 Å². The number of carbonyl (C=O) groups excluding carboxylic acids is 3. The fourth-order valence-electron chi connectivity index (χ4n) is 5.23. The number of piperazine rings is 1. The molecule has 1 heterocycles. The Morgan fingerprint density at radius 3 is 2.38 bits per heavy atom. The number of carbonyl (C=O) groups is 3. The Kier molecular flexibility index (Phi) is 12.3. The number of benzene rings is 3. The van der Waals surface area contributed by atoms with Crippen molar-refractivity contribution >= 4 is 40.5 Å². The molecule has 1 fully saturated rings. The van der Waals surface area contributed by atoms with Crippen LogP contribution in [0.15, 0.2) is 54.6 Å². The number of unbranched alkanes of at least 4 members (excludes halogenated alkanes) is 2. The van der Waals surface area contributed by atoms with Crippen molar-refractivity contribution in [3.05, 3.63) is 87.0 Å². The van der Waals surface area contributed by atoms with Crippen LogP contribution in [0.25, 0.3) is 0 Å². The summed E-state index contributed by atoms with van der Waals surface area (Å²) in [6.07, 6.45) is 2.95. The molecular weight excluding hydrogens is 604 g/mol. The molecule has 13 heteroatoms. The first-order valence-electron chi connectivity index (χ1n) is 15.5. The summed E-state index contributed by atoms with van der Waals surface area (Å²) in [6.45, 7) is 5.85. The highest BCUT2D eigenvalue weighted by Crippen LogP contribution is 2.29. The Bertz CT molecular complexity index is 1600. The van der Waals surface area contributed by atoms with E-state index in [1.165, 1.54) is 25.3 Å². The number of rotatable bonds is 14. The van der Waals surface area contributed by atoms with Gasteiger partial charge in [0.1, 0.15) is 11.4 Å². The average Bonchev–Trinajstić information content (AvgIpc) is 3.04. The number of aryl methyl sites for hydroxylation is 1. The van der Waals surface area contributed by atoms with Gasteiger partial charge in [0.05, 0.1) is 29.4 Å². The molecule has 4 rings (SSSR count). The van der Waals surface area contributed by atoms with Crippen molar-refractivity contribution in [3.63, 3.8) is 0 Å². The zero-order chi connectivity index (χ0) is 33.9. The van der Waals surface area contributed by atoms with E-state index in [1.807, 2.05) is 24.0 Å². The largest absolute Gasteiger partial charge is 0.491 e. The van der Waals surface area contributed by atoms with Crippen LogP contribution >= 0.6 is 0 Å². The summed E-state index contributed by atoms with van der Waals surface area (Å²) in [5, 5.41) is 16.9. The van der Waals surface area contributed by atoms with E-state index < -0.39 is 10.8 Å². The molecule has 4 N–H and O–H groups in total. The molecule has 1 aliphatic heterocycles. The Labute approximate surface area is 274 Å². The predicted molar refractivity (Wildman–Crippen MR) is 180 cm³/mol. The highest BCUT2D eigenvalue weighted by atomic mass is 16.6. The van der Waals surface area contributed by atoms with Crippen molar-refractivity contribution in [2.75, 3.05) is 63.3 Å². The number of ether oxygens (including phenoxy) is 2. The van der Waals surface area contributed by atoms with Gasteiger partial charge in [0.2, 0.25) is 5.91 Å². The minimum Gasteiger partial charge on any atom is -0.491 e. The summed E-state index contributed by atoms with van der Waals surface area (Å²) in [6, 6.07) is 14.2. The van der Waals surface area contributed by atoms with Crippen LogP contribution in [0.5, 0.6) is 5.75 Å². The number of methoxy groups -OCH3 is 1. The van der Waals surface area contributed by atoms with Crippen molar-refractivity contribution in [1.82, 2.24) is 9.80 Å². The molecular formula is C34H42N6O7. The van der Waals surface area contributed by atoms with Crippen LogP contribution in [0.2, 0.25) is 0 Å². The van der Waals surface area contributed by atoms with Gasteiger partial charge in [-0.3, -0.25) is 24.5 Å². The summed E-state index contributed by atoms with van der Waals surface area (Å²) < 4.78 is 11.4. The number of nitro benzene ring substituents is 1. The maximum absolute atomic E-state index is 13.3. The Hall–Kier alpha value is -5.01. The summed E-state index contributed by atoms with van der Waals surface area (Å²) >= 11 is 0. The van der Waals surface area contributed by atoms with Crippen molar-refractivity contribution in [1.29, 1.82) is 0 Å². The Morgan fingerprint density at radius 2 is 1.66 bits per heavy atom. The maximum Gasteiger partial charge on any atom is 0.292 e. The lowest BCUT2D eigenvalue weighted by Gasteiger charge is -2.32. The molecule has 0 spiro atoms. The third-order valence-corrected chi connectivity index (χ3v) is 7.97. The normalized spacial score (nSPS) is 13.2. The SMILES string of the molecule is COCc1cc(C(=O)Nc2ccc(C)cc2OCCCCCC(=O)N2CCN(C)CC2)ccc1NC(=O)c1cccc([N+](=O)[O-])c1N. The number of hydrogen-bond acceptors (Lipinski definition) is 9. The van der Waals surface area contributed by atoms with Crippen molar-refractivity contribution in [2.45, 2.75) is 39.2 Å². The highest BCUT2D eigenvalue weighted by Gasteiger charge is 2.21. The number of nitrogens with one attached hydrogen (secondary N) is 2. The van der Waals surface area contributed by atoms with Gasteiger partial charge in [0.25, 0.3) is 17.5 Å². The predicted octanol–water partition coefficient (Wildman–Crippen LogP) is 4.85. The molecule has 3 aromatic carbocycles. The van der Waals surface area contributed by atoms with Crippen molar-refractivity contribution < 1.29 is 28.8 Å². The van der Waals surface area contributed by atoms with Gasteiger partial charge in [-0.1, -0.05) is 12.1 Å². The van der Waals surface area contributed by atoms with Gasteiger partial charge in [-0.15, -0.1) is 0 Å². The molecule has 13 nitrogen and oxygen atoms in total. The lowest BCUT2D eigenvalue weighted by atomic mass is 10.1. The number of nitrogens with two attached hydrogens (primary N) is 1. The van der Waals surface area contributed by atoms with E-state index in [0.29, 0.717) is 41.3 Å². The highest BCUT2D eigenvalue weighted by molar-refractivity contribution is 6.10. The summed E-state index contributed by atoms with van der Waals surface area (Å²) in [4.78, 5) is 53.5. The van der Waals surface area contributed by atoms with Crippen LogP contribution in [-0.4, -0.2) is 79.4 Å². The Balaban J connectivity index is 1.35. The van der Waals surface area contributed by atoms with Gasteiger partial charge < -0.3 is 35.6 Å². The molecule has 0 saturated carbocycles. The second-order valence-electron chi connectivity index (χ2n) is 11.6. The Morgan fingerprint density at radius 1 is 0.936 bits per heavy atom. The van der Waals surface area contributed by atoms with Gasteiger partial charge in [-0.25, -0.2) is 0 Å². The monoisotopic (exact) mass is 646 g/mol. The first-order valence-corrected chi connectivity index (χ1v) is 15.5. The average molecular weight is 647 g/mol. The summed E-state index contributed by atoms with van der Waals surface area (Å²) in [5.74, 6) is -0.274. The van der Waals surface area contributed by atoms with Crippen LogP contribution in [0.3, 0.4) is 0 Å². The summed E-state index contributed by atoms with van der Waals surface area (Å²) in [7, 11) is 3.55. The number of nitro groups is 1. The van der Waals surface area contributed by atoms with Crippen molar-refractivity contribution in [2.24, 2.45) is 0 Å². The number of nitrogen functional groups attached to an aromatic ring is 1. The zero-order valence-electron chi connectivity index (χ0n) is 27.0. The fraction of sp³-hybridized carbons (Fsp3) is 0.382. The second-order valence-corrected chi connectivity index (χ2v) is 11.6. The van der Waals surface area contributed by atoms with Crippen molar-refractivity contribution in [3.8, 4) is 5.75 Å². The number of hydrogen-bond donors (Lipinski definition) is 3. The maximum atomic E-state index is 13.3. The zero-order valence-corrected chi connectivity index (χ0v) is 27.0. The molecule has 0 aliphatic carbocycles. The second kappa shape index (κ2) is 16.5. The number of nitrogens with zero attached hydrogens (tertiary/aromatic N) is 3. The number of amides is 3. The number of likely N-dealkylation sites (N-methyl/N-ethyl adjacent to an activating group) is 1. The van der Waals surface area contributed by atoms with E-state index in [-0.39, 0.29) is 35.4 Å². The molecule has 47 heavy (non-hydrogen) atoms. The van der Waals surface area contributed by atoms with Gasteiger partial charge in [0.15, 0.2) is 0 Å². The van der Waals surface area contributed by atoms with Crippen LogP contribution in [0, 0.1) is 17.0 Å². The molecule has 0 bridgehead atoms. The van der Waals surface area contributed by atoms with Crippen LogP contribution in [-0.2, 0) is 16.1 Å². The van der Waals surface area contributed by atoms with Gasteiger partial charge in [0, 0.05) is 62.6 Å². The van der Waals surface area contributed by atoms with Crippen LogP contribution in [0.4, 0.5) is 22.7 Å². The lowest BCUT2D eigenvalue weighted by molar-refractivity contribution is -0.383. The first kappa shape index (κ1) is 34.9. The molecule has 250 valence electrons. The molecule has 0 unspecified atom stereocenters. The minimum atomic E-state index is -0.652.